The van der Waals surface area contributed by atoms with Crippen LogP contribution in [0.15, 0.2) is 36.4 Å². The quantitative estimate of drug-likeness (QED) is 0.452. The molecule has 0 unspecified atom stereocenters. The Hall–Kier alpha value is -3.41. The Bertz CT molecular complexity index is 877. The van der Waals surface area contributed by atoms with Gasteiger partial charge in [0.05, 0.1) is 0 Å². The van der Waals surface area contributed by atoms with Crippen LogP contribution in [0, 0.1) is 6.92 Å². The van der Waals surface area contributed by atoms with Gasteiger partial charge in [0, 0.05) is 26.8 Å². The zero-order valence-electron chi connectivity index (χ0n) is 15.6. The fourth-order valence-electron chi connectivity index (χ4n) is 2.43. The molecule has 0 spiro atoms. The largest absolute Gasteiger partial charge is 0.427 e. The number of hydrogen-bond donors (Lipinski definition) is 0. The normalized spacial score (nSPS) is 10.5. The van der Waals surface area contributed by atoms with Crippen LogP contribution in [0.5, 0.6) is 17.2 Å². The van der Waals surface area contributed by atoms with Crippen LogP contribution in [0.25, 0.3) is 12.2 Å². The van der Waals surface area contributed by atoms with Gasteiger partial charge in [0.1, 0.15) is 17.2 Å². The maximum absolute atomic E-state index is 11.2. The first-order chi connectivity index (χ1) is 12.7. The van der Waals surface area contributed by atoms with E-state index in [0.717, 1.165) is 11.1 Å². The van der Waals surface area contributed by atoms with Gasteiger partial charge in [-0.3, -0.25) is 14.4 Å². The van der Waals surface area contributed by atoms with E-state index in [4.69, 9.17) is 14.2 Å². The van der Waals surface area contributed by atoms with Crippen LogP contribution in [0.1, 0.15) is 37.5 Å². The number of carbonyl (C=O) groups excluding carboxylic acids is 3. The minimum Gasteiger partial charge on any atom is -0.427 e. The van der Waals surface area contributed by atoms with Crippen LogP contribution < -0.4 is 14.2 Å². The molecule has 0 heterocycles. The summed E-state index contributed by atoms with van der Waals surface area (Å²) in [5.41, 5.74) is 2.42. The highest BCUT2D eigenvalue weighted by Crippen LogP contribution is 2.25. The first kappa shape index (κ1) is 19.9. The summed E-state index contributed by atoms with van der Waals surface area (Å²) in [7, 11) is 0. The molecule has 0 amide bonds. The van der Waals surface area contributed by atoms with Gasteiger partial charge in [-0.15, -0.1) is 0 Å². The van der Waals surface area contributed by atoms with Gasteiger partial charge in [0.25, 0.3) is 0 Å². The van der Waals surface area contributed by atoms with E-state index in [1.54, 1.807) is 30.3 Å². The predicted octanol–water partition coefficient (Wildman–Crippen LogP) is 3.94. The topological polar surface area (TPSA) is 78.9 Å². The lowest BCUT2D eigenvalue weighted by atomic mass is 10.1. The van der Waals surface area contributed by atoms with Crippen molar-refractivity contribution in [1.29, 1.82) is 0 Å². The van der Waals surface area contributed by atoms with E-state index in [9.17, 15) is 14.4 Å². The Kier molecular flexibility index (Phi) is 6.49. The number of ether oxygens (including phenoxy) is 3. The predicted molar refractivity (Wildman–Crippen MR) is 100 cm³/mol. The van der Waals surface area contributed by atoms with Crippen LogP contribution in [0.4, 0.5) is 0 Å². The molecule has 0 aliphatic rings. The summed E-state index contributed by atoms with van der Waals surface area (Å²) >= 11 is 0. The van der Waals surface area contributed by atoms with Crippen LogP contribution in [0.2, 0.25) is 0 Å². The van der Waals surface area contributed by atoms with Gasteiger partial charge in [-0.1, -0.05) is 18.2 Å². The molecule has 140 valence electrons. The Balaban J connectivity index is 2.34. The lowest BCUT2D eigenvalue weighted by Gasteiger charge is -2.07. The van der Waals surface area contributed by atoms with E-state index in [2.05, 4.69) is 0 Å². The van der Waals surface area contributed by atoms with Crippen molar-refractivity contribution in [2.45, 2.75) is 27.7 Å². The standard InChI is InChI=1S/C21H20O6/c1-13-7-17(9-19(8-13)25-14(2)22)5-6-18-10-20(26-15(3)23)12-21(11-18)27-16(4)24/h5-12H,1-4H3/b6-5+. The van der Waals surface area contributed by atoms with Gasteiger partial charge >= 0.3 is 17.9 Å². The first-order valence-corrected chi connectivity index (χ1v) is 8.21. The van der Waals surface area contributed by atoms with Gasteiger partial charge in [-0.05, 0) is 47.9 Å². The van der Waals surface area contributed by atoms with Gasteiger partial charge in [0.2, 0.25) is 0 Å². The molecule has 2 aromatic rings. The van der Waals surface area contributed by atoms with Crippen molar-refractivity contribution in [3.8, 4) is 17.2 Å². The first-order valence-electron chi connectivity index (χ1n) is 8.21. The van der Waals surface area contributed by atoms with E-state index in [-0.39, 0.29) is 11.5 Å². The van der Waals surface area contributed by atoms with Crippen molar-refractivity contribution in [3.05, 3.63) is 53.1 Å². The number of carbonyl (C=O) groups is 3. The van der Waals surface area contributed by atoms with E-state index in [1.165, 1.54) is 26.8 Å². The number of aryl methyl sites for hydroxylation is 1. The second kappa shape index (κ2) is 8.80. The lowest BCUT2D eigenvalue weighted by Crippen LogP contribution is -2.04. The zero-order chi connectivity index (χ0) is 20.0. The monoisotopic (exact) mass is 368 g/mol. The molecule has 6 nitrogen and oxygen atoms in total. The summed E-state index contributed by atoms with van der Waals surface area (Å²) < 4.78 is 15.3. The Morgan fingerprint density at radius 1 is 0.630 bits per heavy atom. The molecule has 27 heavy (non-hydrogen) atoms. The van der Waals surface area contributed by atoms with Crippen molar-refractivity contribution in [1.82, 2.24) is 0 Å². The summed E-state index contributed by atoms with van der Waals surface area (Å²) in [6.07, 6.45) is 3.58. The van der Waals surface area contributed by atoms with Crippen LogP contribution in [-0.2, 0) is 14.4 Å². The smallest absolute Gasteiger partial charge is 0.308 e. The van der Waals surface area contributed by atoms with Gasteiger partial charge in [0.15, 0.2) is 0 Å². The van der Waals surface area contributed by atoms with Crippen molar-refractivity contribution >= 4 is 30.1 Å². The zero-order valence-corrected chi connectivity index (χ0v) is 15.6. The van der Waals surface area contributed by atoms with Crippen molar-refractivity contribution in [2.75, 3.05) is 0 Å². The summed E-state index contributed by atoms with van der Waals surface area (Å²) in [4.78, 5) is 33.6. The minimum absolute atomic E-state index is 0.269. The van der Waals surface area contributed by atoms with Crippen molar-refractivity contribution in [3.63, 3.8) is 0 Å². The third-order valence-electron chi connectivity index (χ3n) is 3.23. The summed E-state index contributed by atoms with van der Waals surface area (Å²) in [5, 5.41) is 0. The highest BCUT2D eigenvalue weighted by atomic mass is 16.5. The summed E-state index contributed by atoms with van der Waals surface area (Å²) in [5.74, 6) is -0.354. The second-order valence-electron chi connectivity index (χ2n) is 5.93. The van der Waals surface area contributed by atoms with E-state index in [0.29, 0.717) is 11.3 Å². The maximum atomic E-state index is 11.2. The second-order valence-corrected chi connectivity index (χ2v) is 5.93. The highest BCUT2D eigenvalue weighted by molar-refractivity contribution is 5.76. The Morgan fingerprint density at radius 3 is 1.41 bits per heavy atom. The molecule has 0 N–H and O–H groups in total. The highest BCUT2D eigenvalue weighted by Gasteiger charge is 2.06. The molecule has 2 rings (SSSR count). The van der Waals surface area contributed by atoms with Crippen molar-refractivity contribution in [2.24, 2.45) is 0 Å². The number of hydrogen-bond acceptors (Lipinski definition) is 6. The van der Waals surface area contributed by atoms with E-state index in [1.807, 2.05) is 19.1 Å². The third kappa shape index (κ3) is 6.78. The molecular weight excluding hydrogens is 348 g/mol. The molecule has 0 aliphatic heterocycles. The average Bonchev–Trinajstić information content (AvgIpc) is 2.50. The molecule has 0 saturated heterocycles. The number of benzene rings is 2. The number of rotatable bonds is 5. The molecule has 0 radical (unpaired) electrons. The molecule has 2 aromatic carbocycles. The molecule has 0 atom stereocenters. The molecule has 0 fully saturated rings. The summed E-state index contributed by atoms with van der Waals surface area (Å²) in [6, 6.07) is 10.2. The molecule has 0 saturated carbocycles. The fraction of sp³-hybridized carbons (Fsp3) is 0.190. The Labute approximate surface area is 157 Å². The minimum atomic E-state index is -0.477. The maximum Gasteiger partial charge on any atom is 0.308 e. The van der Waals surface area contributed by atoms with Crippen LogP contribution in [0.3, 0.4) is 0 Å². The van der Waals surface area contributed by atoms with Crippen LogP contribution in [-0.4, -0.2) is 17.9 Å². The van der Waals surface area contributed by atoms with E-state index < -0.39 is 17.9 Å². The SMILES string of the molecule is CC(=O)Oc1cc(C)cc(/C=C/c2cc(OC(C)=O)cc(OC(C)=O)c2)c1. The Morgan fingerprint density at radius 2 is 1.00 bits per heavy atom. The molecular formula is C21H20O6. The third-order valence-corrected chi connectivity index (χ3v) is 3.23. The van der Waals surface area contributed by atoms with Gasteiger partial charge in [-0.25, -0.2) is 0 Å². The molecule has 0 bridgehead atoms. The molecule has 0 aromatic heterocycles. The average molecular weight is 368 g/mol. The summed E-state index contributed by atoms with van der Waals surface area (Å²) in [6.45, 7) is 5.81. The van der Waals surface area contributed by atoms with E-state index >= 15 is 0 Å². The van der Waals surface area contributed by atoms with Crippen molar-refractivity contribution < 1.29 is 28.6 Å². The number of esters is 3. The van der Waals surface area contributed by atoms with Gasteiger partial charge < -0.3 is 14.2 Å². The molecule has 6 heteroatoms. The lowest BCUT2D eigenvalue weighted by molar-refractivity contribution is -0.133. The van der Waals surface area contributed by atoms with Gasteiger partial charge in [-0.2, -0.15) is 0 Å². The molecule has 0 aliphatic carbocycles. The van der Waals surface area contributed by atoms with Crippen LogP contribution >= 0.6 is 0 Å². The fourth-order valence-corrected chi connectivity index (χ4v) is 2.43.